The van der Waals surface area contributed by atoms with Gasteiger partial charge in [-0.05, 0) is 40.0 Å². The number of thioether (sulfide) groups is 1. The van der Waals surface area contributed by atoms with Gasteiger partial charge in [0.1, 0.15) is 0 Å². The molecule has 1 N–H and O–H groups in total. The van der Waals surface area contributed by atoms with E-state index in [4.69, 9.17) is 4.74 Å². The van der Waals surface area contributed by atoms with Crippen LogP contribution in [0, 0.1) is 0 Å². The first kappa shape index (κ1) is 16.9. The molecule has 2 aromatic carbocycles. The molecule has 1 heterocycles. The molecule has 3 rings (SSSR count). The van der Waals surface area contributed by atoms with Crippen molar-refractivity contribution < 1.29 is 13.5 Å². The molecule has 0 aromatic heterocycles. The Bertz CT molecular complexity index is 638. The highest BCUT2D eigenvalue weighted by Crippen LogP contribution is 2.49. The highest BCUT2D eigenvalue weighted by atomic mass is 79.9. The van der Waals surface area contributed by atoms with Crippen molar-refractivity contribution in [2.45, 2.75) is 27.2 Å². The molecule has 0 spiro atoms. The van der Waals surface area contributed by atoms with Crippen LogP contribution in [0.2, 0.25) is 0 Å². The molecule has 6 heteroatoms. The van der Waals surface area contributed by atoms with Crippen LogP contribution in [-0.4, -0.2) is 22.5 Å². The first-order valence-electron chi connectivity index (χ1n) is 7.25. The minimum atomic E-state index is -3.20. The molecule has 0 unspecified atom stereocenters. The van der Waals surface area contributed by atoms with Gasteiger partial charge in [0.05, 0.1) is 6.61 Å². The summed E-state index contributed by atoms with van der Waals surface area (Å²) in [5.41, 5.74) is 1.09. The summed E-state index contributed by atoms with van der Waals surface area (Å²) in [4.78, 5) is -2.48. The molecule has 2 aromatic rings. The predicted molar refractivity (Wildman–Crippen MR) is 91.9 cm³/mol. The SMILES string of the molecule is FC(F)(Br)[C@@]1(Sc2ccccc2)N[C@@H](Cc2ccccc2)CO1. The van der Waals surface area contributed by atoms with Crippen LogP contribution in [-0.2, 0) is 11.2 Å². The molecule has 1 saturated heterocycles. The van der Waals surface area contributed by atoms with Gasteiger partial charge in [-0.3, -0.25) is 5.32 Å². The molecule has 0 aliphatic carbocycles. The van der Waals surface area contributed by atoms with E-state index in [-0.39, 0.29) is 12.6 Å². The summed E-state index contributed by atoms with van der Waals surface area (Å²) in [5, 5.41) is 1.17. The van der Waals surface area contributed by atoms with Gasteiger partial charge >= 0.3 is 4.83 Å². The van der Waals surface area contributed by atoms with Crippen molar-refractivity contribution >= 4 is 27.7 Å². The van der Waals surface area contributed by atoms with Gasteiger partial charge in [-0.25, -0.2) is 0 Å². The van der Waals surface area contributed by atoms with Crippen LogP contribution in [0.3, 0.4) is 0 Å². The van der Waals surface area contributed by atoms with Crippen molar-refractivity contribution in [1.82, 2.24) is 5.32 Å². The van der Waals surface area contributed by atoms with Crippen molar-refractivity contribution in [3.63, 3.8) is 0 Å². The molecule has 122 valence electrons. The molecule has 0 radical (unpaired) electrons. The number of hydrogen-bond acceptors (Lipinski definition) is 3. The lowest BCUT2D eigenvalue weighted by atomic mass is 10.1. The van der Waals surface area contributed by atoms with E-state index in [9.17, 15) is 8.78 Å². The van der Waals surface area contributed by atoms with Gasteiger partial charge in [-0.1, -0.05) is 60.3 Å². The molecular weight excluding hydrogens is 384 g/mol. The van der Waals surface area contributed by atoms with Crippen LogP contribution in [0.5, 0.6) is 0 Å². The van der Waals surface area contributed by atoms with E-state index in [0.29, 0.717) is 6.42 Å². The molecule has 2 atom stereocenters. The van der Waals surface area contributed by atoms with Crippen molar-refractivity contribution in [1.29, 1.82) is 0 Å². The smallest absolute Gasteiger partial charge is 0.343 e. The third kappa shape index (κ3) is 3.94. The molecule has 1 fully saturated rings. The maximum atomic E-state index is 14.2. The lowest BCUT2D eigenvalue weighted by molar-refractivity contribution is -0.0764. The Morgan fingerprint density at radius 3 is 2.35 bits per heavy atom. The van der Waals surface area contributed by atoms with Crippen LogP contribution in [0.25, 0.3) is 0 Å². The highest BCUT2D eigenvalue weighted by Gasteiger charge is 2.58. The summed E-state index contributed by atoms with van der Waals surface area (Å²) in [7, 11) is 0. The van der Waals surface area contributed by atoms with E-state index >= 15 is 0 Å². The quantitative estimate of drug-likeness (QED) is 0.739. The van der Waals surface area contributed by atoms with Crippen molar-refractivity contribution in [3.05, 3.63) is 66.2 Å². The number of rotatable bonds is 5. The standard InChI is InChI=1S/C17H16BrF2NOS/c18-16(19,20)17(23-15-9-5-2-6-10-15)21-14(12-22-17)11-13-7-3-1-4-8-13/h1-10,14,21H,11-12H2/t14-,17+/m0/s1. The fourth-order valence-corrected chi connectivity index (χ4v) is 4.08. The zero-order valence-corrected chi connectivity index (χ0v) is 14.6. The van der Waals surface area contributed by atoms with E-state index < -0.39 is 9.89 Å². The summed E-state index contributed by atoms with van der Waals surface area (Å²) >= 11 is 3.48. The summed E-state index contributed by atoms with van der Waals surface area (Å²) < 4.78 is 33.9. The summed E-state index contributed by atoms with van der Waals surface area (Å²) in [5.74, 6) is 0. The average Bonchev–Trinajstić information content (AvgIpc) is 2.93. The second kappa shape index (κ2) is 6.89. The minimum absolute atomic E-state index is 0.169. The van der Waals surface area contributed by atoms with E-state index in [2.05, 4.69) is 21.2 Å². The van der Waals surface area contributed by atoms with Crippen molar-refractivity contribution in [2.75, 3.05) is 6.61 Å². The third-order valence-electron chi connectivity index (χ3n) is 3.58. The van der Waals surface area contributed by atoms with Gasteiger partial charge in [0.25, 0.3) is 0 Å². The van der Waals surface area contributed by atoms with Crippen LogP contribution in [0.1, 0.15) is 5.56 Å². The Morgan fingerprint density at radius 1 is 1.13 bits per heavy atom. The molecule has 1 aliphatic heterocycles. The fraction of sp³-hybridized carbons (Fsp3) is 0.294. The average molecular weight is 400 g/mol. The van der Waals surface area contributed by atoms with Gasteiger partial charge in [0.2, 0.25) is 5.06 Å². The molecule has 0 amide bonds. The van der Waals surface area contributed by atoms with Crippen molar-refractivity contribution in [3.8, 4) is 0 Å². The Balaban J connectivity index is 1.76. The summed E-state index contributed by atoms with van der Waals surface area (Å²) in [6.45, 7) is 0.232. The summed E-state index contributed by atoms with van der Waals surface area (Å²) in [6, 6.07) is 18.7. The van der Waals surface area contributed by atoms with Gasteiger partial charge in [-0.15, -0.1) is 0 Å². The molecule has 2 nitrogen and oxygen atoms in total. The van der Waals surface area contributed by atoms with Crippen molar-refractivity contribution in [2.24, 2.45) is 0 Å². The second-order valence-corrected chi connectivity index (χ2v) is 7.62. The second-order valence-electron chi connectivity index (χ2n) is 5.37. The van der Waals surface area contributed by atoms with E-state index in [1.807, 2.05) is 48.5 Å². The molecule has 0 saturated carbocycles. The Kier molecular flexibility index (Phi) is 5.06. The largest absolute Gasteiger partial charge is 0.353 e. The number of nitrogens with one attached hydrogen (secondary N) is 1. The number of ether oxygens (including phenoxy) is 1. The minimum Gasteiger partial charge on any atom is -0.343 e. The van der Waals surface area contributed by atoms with Gasteiger partial charge in [0, 0.05) is 10.9 Å². The topological polar surface area (TPSA) is 21.3 Å². The number of hydrogen-bond donors (Lipinski definition) is 1. The zero-order valence-electron chi connectivity index (χ0n) is 12.2. The maximum Gasteiger partial charge on any atom is 0.353 e. The van der Waals surface area contributed by atoms with E-state index in [1.165, 1.54) is 0 Å². The molecule has 23 heavy (non-hydrogen) atoms. The highest BCUT2D eigenvalue weighted by molar-refractivity contribution is 9.10. The number of halogens is 3. The molecular formula is C17H16BrF2NOS. The number of benzene rings is 2. The normalized spacial score (nSPS) is 24.7. The monoisotopic (exact) mass is 399 g/mol. The van der Waals surface area contributed by atoms with Crippen LogP contribution in [0.4, 0.5) is 8.78 Å². The lowest BCUT2D eigenvalue weighted by Gasteiger charge is -2.32. The van der Waals surface area contributed by atoms with Crippen LogP contribution < -0.4 is 5.32 Å². The third-order valence-corrected chi connectivity index (χ3v) is 5.69. The van der Waals surface area contributed by atoms with E-state index in [1.54, 1.807) is 12.1 Å². The summed E-state index contributed by atoms with van der Waals surface area (Å²) in [6.07, 6.45) is 0.640. The molecule has 1 aliphatic rings. The first-order valence-corrected chi connectivity index (χ1v) is 8.86. The van der Waals surface area contributed by atoms with Crippen LogP contribution >= 0.6 is 27.7 Å². The maximum absolute atomic E-state index is 14.2. The first-order chi connectivity index (χ1) is 11.0. The fourth-order valence-electron chi connectivity index (χ4n) is 2.51. The van der Waals surface area contributed by atoms with E-state index in [0.717, 1.165) is 22.2 Å². The Labute approximate surface area is 146 Å². The van der Waals surface area contributed by atoms with Gasteiger partial charge < -0.3 is 4.74 Å². The Morgan fingerprint density at radius 2 is 1.74 bits per heavy atom. The van der Waals surface area contributed by atoms with Crippen LogP contribution in [0.15, 0.2) is 65.6 Å². The zero-order chi connectivity index (χ0) is 16.3. The Hall–Kier alpha value is -0.950. The lowest BCUT2D eigenvalue weighted by Crippen LogP contribution is -2.52. The predicted octanol–water partition coefficient (Wildman–Crippen LogP) is 4.65. The van der Waals surface area contributed by atoms with Gasteiger partial charge in [0.15, 0.2) is 0 Å². The number of alkyl halides is 3. The molecule has 0 bridgehead atoms. The van der Waals surface area contributed by atoms with Gasteiger partial charge in [-0.2, -0.15) is 8.78 Å².